The number of benzene rings is 1. The summed E-state index contributed by atoms with van der Waals surface area (Å²) in [4.78, 5) is 18.8. The van der Waals surface area contributed by atoms with Crippen LogP contribution in [-0.2, 0) is 22.6 Å². The van der Waals surface area contributed by atoms with E-state index in [4.69, 9.17) is 9.47 Å². The first kappa shape index (κ1) is 23.0. The van der Waals surface area contributed by atoms with Crippen LogP contribution in [0.3, 0.4) is 0 Å². The van der Waals surface area contributed by atoms with Gasteiger partial charge < -0.3 is 19.3 Å². The summed E-state index contributed by atoms with van der Waals surface area (Å²) < 4.78 is 11.4. The van der Waals surface area contributed by atoms with Crippen molar-refractivity contribution < 1.29 is 14.3 Å². The van der Waals surface area contributed by atoms with Crippen molar-refractivity contribution in [1.29, 1.82) is 0 Å². The van der Waals surface area contributed by atoms with Gasteiger partial charge in [-0.05, 0) is 70.8 Å². The second kappa shape index (κ2) is 10.6. The van der Waals surface area contributed by atoms with Crippen LogP contribution in [0.1, 0.15) is 44.7 Å². The molecule has 0 spiro atoms. The molecule has 0 unspecified atom stereocenters. The van der Waals surface area contributed by atoms with Crippen molar-refractivity contribution in [3.8, 4) is 0 Å². The van der Waals surface area contributed by atoms with Gasteiger partial charge in [-0.3, -0.25) is 4.90 Å². The van der Waals surface area contributed by atoms with Crippen LogP contribution in [0.2, 0.25) is 0 Å². The summed E-state index contributed by atoms with van der Waals surface area (Å²) in [5, 5.41) is 0. The van der Waals surface area contributed by atoms with Gasteiger partial charge in [0.15, 0.2) is 0 Å². The zero-order valence-corrected chi connectivity index (χ0v) is 19.2. The fraction of sp³-hybridized carbons (Fsp3) is 0.708. The molecule has 1 aromatic carbocycles. The quantitative estimate of drug-likeness (QED) is 0.708. The summed E-state index contributed by atoms with van der Waals surface area (Å²) >= 11 is 0. The maximum Gasteiger partial charge on any atom is 0.410 e. The lowest BCUT2D eigenvalue weighted by Gasteiger charge is -2.35. The van der Waals surface area contributed by atoms with E-state index in [0.717, 1.165) is 39.3 Å². The fourth-order valence-corrected chi connectivity index (χ4v) is 3.99. The second-order valence-corrected chi connectivity index (χ2v) is 9.82. The van der Waals surface area contributed by atoms with Crippen molar-refractivity contribution in [3.05, 3.63) is 35.4 Å². The first-order chi connectivity index (χ1) is 14.3. The van der Waals surface area contributed by atoms with Crippen LogP contribution < -0.4 is 0 Å². The third kappa shape index (κ3) is 7.56. The Morgan fingerprint density at radius 2 is 1.57 bits per heavy atom. The van der Waals surface area contributed by atoms with E-state index in [1.807, 2.05) is 25.7 Å². The lowest BCUT2D eigenvalue weighted by atomic mass is 9.98. The maximum absolute atomic E-state index is 12.2. The monoisotopic (exact) mass is 417 g/mol. The van der Waals surface area contributed by atoms with Crippen molar-refractivity contribution in [2.24, 2.45) is 5.92 Å². The van der Waals surface area contributed by atoms with E-state index in [9.17, 15) is 4.79 Å². The molecule has 0 bridgehead atoms. The number of piperazine rings is 1. The van der Waals surface area contributed by atoms with E-state index in [0.29, 0.717) is 12.5 Å². The zero-order valence-electron chi connectivity index (χ0n) is 19.2. The van der Waals surface area contributed by atoms with Crippen molar-refractivity contribution in [3.63, 3.8) is 0 Å². The molecule has 3 rings (SSSR count). The first-order valence-electron chi connectivity index (χ1n) is 11.3. The van der Waals surface area contributed by atoms with Gasteiger partial charge in [0.2, 0.25) is 0 Å². The molecule has 2 aliphatic heterocycles. The molecule has 1 aromatic rings. The minimum absolute atomic E-state index is 0.202. The maximum atomic E-state index is 12.2. The molecule has 2 fully saturated rings. The number of amides is 1. The fourth-order valence-electron chi connectivity index (χ4n) is 3.99. The highest BCUT2D eigenvalue weighted by atomic mass is 16.6. The summed E-state index contributed by atoms with van der Waals surface area (Å²) in [5.74, 6) is 0.708. The Labute approximate surface area is 182 Å². The SMILES string of the molecule is CN1CCC(COCc2ccc(CN3CCN(C(=O)OC(C)(C)C)CC3)cc2)CC1. The Morgan fingerprint density at radius 1 is 0.967 bits per heavy atom. The van der Waals surface area contributed by atoms with Gasteiger partial charge in [-0.25, -0.2) is 4.79 Å². The Hall–Kier alpha value is -1.63. The van der Waals surface area contributed by atoms with Gasteiger partial charge in [0.1, 0.15) is 5.60 Å². The molecule has 6 heteroatoms. The van der Waals surface area contributed by atoms with Gasteiger partial charge in [-0.1, -0.05) is 24.3 Å². The van der Waals surface area contributed by atoms with Crippen molar-refractivity contribution in [1.82, 2.24) is 14.7 Å². The predicted molar refractivity (Wildman–Crippen MR) is 119 cm³/mol. The van der Waals surface area contributed by atoms with E-state index in [1.165, 1.54) is 37.1 Å². The van der Waals surface area contributed by atoms with Crippen molar-refractivity contribution in [2.45, 2.75) is 52.4 Å². The summed E-state index contributed by atoms with van der Waals surface area (Å²) in [6.07, 6.45) is 2.29. The molecule has 30 heavy (non-hydrogen) atoms. The molecule has 2 heterocycles. The summed E-state index contributed by atoms with van der Waals surface area (Å²) in [6.45, 7) is 13.8. The largest absolute Gasteiger partial charge is 0.444 e. The summed E-state index contributed by atoms with van der Waals surface area (Å²) in [5.41, 5.74) is 2.11. The number of likely N-dealkylation sites (tertiary alicyclic amines) is 1. The molecule has 6 nitrogen and oxygen atoms in total. The molecule has 168 valence electrons. The average molecular weight is 418 g/mol. The minimum Gasteiger partial charge on any atom is -0.444 e. The lowest BCUT2D eigenvalue weighted by Crippen LogP contribution is -2.49. The van der Waals surface area contributed by atoms with Gasteiger partial charge in [-0.2, -0.15) is 0 Å². The molecule has 1 amide bonds. The highest BCUT2D eigenvalue weighted by Crippen LogP contribution is 2.17. The minimum atomic E-state index is -0.438. The van der Waals surface area contributed by atoms with Crippen LogP contribution in [-0.4, -0.2) is 79.3 Å². The number of carbonyl (C=O) groups is 1. The van der Waals surface area contributed by atoms with Crippen molar-refractivity contribution in [2.75, 3.05) is 52.9 Å². The molecule has 0 N–H and O–H groups in total. The van der Waals surface area contributed by atoms with E-state index in [2.05, 4.69) is 41.1 Å². The van der Waals surface area contributed by atoms with Crippen molar-refractivity contribution >= 4 is 6.09 Å². The molecule has 2 saturated heterocycles. The summed E-state index contributed by atoms with van der Waals surface area (Å²) in [6, 6.07) is 8.77. The molecule has 0 radical (unpaired) electrons. The molecule has 0 saturated carbocycles. The van der Waals surface area contributed by atoms with E-state index < -0.39 is 5.60 Å². The van der Waals surface area contributed by atoms with Gasteiger partial charge in [0.05, 0.1) is 6.61 Å². The highest BCUT2D eigenvalue weighted by Gasteiger charge is 2.25. The van der Waals surface area contributed by atoms with Gasteiger partial charge >= 0.3 is 6.09 Å². The molecule has 0 aliphatic carbocycles. The molecular weight excluding hydrogens is 378 g/mol. The Kier molecular flexibility index (Phi) is 8.14. The van der Waals surface area contributed by atoms with E-state index >= 15 is 0 Å². The lowest BCUT2D eigenvalue weighted by molar-refractivity contribution is 0.0139. The van der Waals surface area contributed by atoms with Crippen LogP contribution in [0, 0.1) is 5.92 Å². The summed E-state index contributed by atoms with van der Waals surface area (Å²) in [7, 11) is 2.19. The molecular formula is C24H39N3O3. The third-order valence-electron chi connectivity index (χ3n) is 5.91. The first-order valence-corrected chi connectivity index (χ1v) is 11.3. The number of hydrogen-bond donors (Lipinski definition) is 0. The van der Waals surface area contributed by atoms with Crippen LogP contribution >= 0.6 is 0 Å². The zero-order chi connectivity index (χ0) is 21.6. The van der Waals surface area contributed by atoms with Crippen LogP contribution in [0.5, 0.6) is 0 Å². The van der Waals surface area contributed by atoms with Gasteiger partial charge in [-0.15, -0.1) is 0 Å². The number of carbonyl (C=O) groups excluding carboxylic acids is 1. The number of hydrogen-bond acceptors (Lipinski definition) is 5. The predicted octanol–water partition coefficient (Wildman–Crippen LogP) is 3.60. The normalized spacial score (nSPS) is 19.8. The topological polar surface area (TPSA) is 45.2 Å². The van der Waals surface area contributed by atoms with Gasteiger partial charge in [0.25, 0.3) is 0 Å². The number of piperidine rings is 1. The second-order valence-electron chi connectivity index (χ2n) is 9.82. The van der Waals surface area contributed by atoms with Crippen LogP contribution in [0.15, 0.2) is 24.3 Å². The molecule has 0 aromatic heterocycles. The Morgan fingerprint density at radius 3 is 2.17 bits per heavy atom. The number of nitrogens with zero attached hydrogens (tertiary/aromatic N) is 3. The van der Waals surface area contributed by atoms with Crippen LogP contribution in [0.25, 0.3) is 0 Å². The van der Waals surface area contributed by atoms with Gasteiger partial charge in [0, 0.05) is 39.3 Å². The highest BCUT2D eigenvalue weighted by molar-refractivity contribution is 5.68. The molecule has 2 aliphatic rings. The van der Waals surface area contributed by atoms with Crippen LogP contribution in [0.4, 0.5) is 4.79 Å². The molecule has 0 atom stereocenters. The third-order valence-corrected chi connectivity index (χ3v) is 5.91. The number of ether oxygens (including phenoxy) is 2. The van der Waals surface area contributed by atoms with E-state index in [-0.39, 0.29) is 6.09 Å². The Balaban J connectivity index is 1.35. The standard InChI is InChI=1S/C24H39N3O3/c1-24(2,3)30-23(28)27-15-13-26(14-16-27)17-20-5-7-21(8-6-20)18-29-19-22-9-11-25(4)12-10-22/h5-8,22H,9-19H2,1-4H3. The van der Waals surface area contributed by atoms with E-state index in [1.54, 1.807) is 0 Å². The smallest absolute Gasteiger partial charge is 0.410 e. The Bertz CT molecular complexity index is 655. The average Bonchev–Trinajstić information content (AvgIpc) is 2.70. The number of rotatable bonds is 6.